The number of aromatic nitrogens is 2. The van der Waals surface area contributed by atoms with E-state index in [0.29, 0.717) is 19.7 Å². The number of rotatable bonds is 3. The summed E-state index contributed by atoms with van der Waals surface area (Å²) in [5.74, 6) is 2.70. The fourth-order valence-corrected chi connectivity index (χ4v) is 3.65. The molecule has 7 nitrogen and oxygen atoms in total. The van der Waals surface area contributed by atoms with Crippen LogP contribution in [0.2, 0.25) is 0 Å². The molecular weight excluding hydrogens is 366 g/mol. The molecule has 1 fully saturated rings. The van der Waals surface area contributed by atoms with Crippen molar-refractivity contribution in [3.8, 4) is 5.75 Å². The summed E-state index contributed by atoms with van der Waals surface area (Å²) in [7, 11) is 0. The monoisotopic (exact) mass is 397 g/mol. The van der Waals surface area contributed by atoms with E-state index >= 15 is 0 Å². The van der Waals surface area contributed by atoms with Crippen LogP contribution < -0.4 is 14.5 Å². The number of fused-ring (bicyclic) bond motifs is 1. The Morgan fingerprint density at radius 1 is 1.03 bits per heavy atom. The maximum Gasteiger partial charge on any atom is 0.231 e. The average molecular weight is 398 g/mol. The Morgan fingerprint density at radius 2 is 1.76 bits per heavy atom. The molecule has 0 unspecified atom stereocenters. The van der Waals surface area contributed by atoms with Gasteiger partial charge in [-0.25, -0.2) is 9.97 Å². The Labute approximate surface area is 173 Å². The Morgan fingerprint density at radius 3 is 2.48 bits per heavy atom. The second-order valence-electron chi connectivity index (χ2n) is 7.05. The molecule has 2 aromatic rings. The van der Waals surface area contributed by atoms with Gasteiger partial charge in [-0.15, -0.1) is 0 Å². The number of piperazine rings is 1. The molecule has 0 spiro atoms. The van der Waals surface area contributed by atoms with Crippen LogP contribution in [-0.4, -0.2) is 60.2 Å². The first-order valence-electron chi connectivity index (χ1n) is 10.4. The highest BCUT2D eigenvalue weighted by atomic mass is 16.5. The number of carbonyl (C=O) groups excluding carboxylic acids is 1. The zero-order chi connectivity index (χ0) is 20.8. The van der Waals surface area contributed by atoms with Gasteiger partial charge in [-0.2, -0.15) is 0 Å². The zero-order valence-corrected chi connectivity index (χ0v) is 17.9. The number of aryl methyl sites for hydroxylation is 2. The third kappa shape index (κ3) is 5.03. The molecule has 0 bridgehead atoms. The fraction of sp³-hybridized carbons (Fsp3) is 0.500. The van der Waals surface area contributed by atoms with Crippen molar-refractivity contribution in [1.29, 1.82) is 0 Å². The van der Waals surface area contributed by atoms with Crippen molar-refractivity contribution in [3.63, 3.8) is 0 Å². The van der Waals surface area contributed by atoms with Crippen LogP contribution in [0.5, 0.6) is 5.75 Å². The van der Waals surface area contributed by atoms with Gasteiger partial charge in [0.05, 0.1) is 25.4 Å². The first-order valence-corrected chi connectivity index (χ1v) is 10.4. The lowest BCUT2D eigenvalue weighted by Gasteiger charge is -2.38. The summed E-state index contributed by atoms with van der Waals surface area (Å²) in [5.41, 5.74) is 1.86. The molecule has 0 radical (unpaired) electrons. The molecule has 29 heavy (non-hydrogen) atoms. The first-order chi connectivity index (χ1) is 14.1. The molecule has 3 heterocycles. The summed E-state index contributed by atoms with van der Waals surface area (Å²) in [5, 5.41) is 0. The Bertz CT molecular complexity index is 813. The van der Waals surface area contributed by atoms with E-state index in [2.05, 4.69) is 19.8 Å². The van der Waals surface area contributed by atoms with Crippen molar-refractivity contribution in [1.82, 2.24) is 14.9 Å². The second-order valence-corrected chi connectivity index (χ2v) is 7.05. The molecule has 1 saturated heterocycles. The second kappa shape index (κ2) is 9.69. The molecule has 0 aliphatic carbocycles. The van der Waals surface area contributed by atoms with Crippen molar-refractivity contribution in [2.75, 3.05) is 49.3 Å². The van der Waals surface area contributed by atoms with Crippen molar-refractivity contribution < 1.29 is 9.53 Å². The normalized spacial score (nSPS) is 17.0. The topological polar surface area (TPSA) is 61.8 Å². The van der Waals surface area contributed by atoms with Crippen molar-refractivity contribution in [2.24, 2.45) is 0 Å². The zero-order valence-electron chi connectivity index (χ0n) is 17.9. The lowest BCUT2D eigenvalue weighted by atomic mass is 10.2. The summed E-state index contributed by atoms with van der Waals surface area (Å²) >= 11 is 0. The number of benzene rings is 1. The van der Waals surface area contributed by atoms with E-state index in [1.807, 2.05) is 62.9 Å². The molecular formula is C22H31N5O2. The minimum absolute atomic E-state index is 0.115. The predicted octanol–water partition coefficient (Wildman–Crippen LogP) is 3.01. The van der Waals surface area contributed by atoms with E-state index in [0.717, 1.165) is 55.0 Å². The summed E-state index contributed by atoms with van der Waals surface area (Å²) in [6.45, 7) is 12.5. The number of hydrogen-bond acceptors (Lipinski definition) is 6. The SMILES string of the molecule is CC.Cc1cc(N2CCN(CN3C(=O)CCOc4ccccc43)CC2)nc(C)n1. The quantitative estimate of drug-likeness (QED) is 0.793. The highest BCUT2D eigenvalue weighted by molar-refractivity contribution is 5.95. The summed E-state index contributed by atoms with van der Waals surface area (Å²) < 4.78 is 5.73. The van der Waals surface area contributed by atoms with Crippen molar-refractivity contribution >= 4 is 17.4 Å². The van der Waals surface area contributed by atoms with Crippen LogP contribution in [0.25, 0.3) is 0 Å². The third-order valence-corrected chi connectivity index (χ3v) is 5.02. The van der Waals surface area contributed by atoms with Gasteiger partial charge in [0.25, 0.3) is 0 Å². The minimum Gasteiger partial charge on any atom is -0.491 e. The van der Waals surface area contributed by atoms with Gasteiger partial charge >= 0.3 is 0 Å². The Balaban J connectivity index is 0.00000117. The van der Waals surface area contributed by atoms with Crippen molar-refractivity contribution in [3.05, 3.63) is 41.9 Å². The van der Waals surface area contributed by atoms with Gasteiger partial charge in [-0.1, -0.05) is 26.0 Å². The summed E-state index contributed by atoms with van der Waals surface area (Å²) in [4.78, 5) is 28.0. The Hall–Kier alpha value is -2.67. The van der Waals surface area contributed by atoms with E-state index in [9.17, 15) is 4.79 Å². The maximum absolute atomic E-state index is 12.6. The highest BCUT2D eigenvalue weighted by Crippen LogP contribution is 2.31. The highest BCUT2D eigenvalue weighted by Gasteiger charge is 2.27. The van der Waals surface area contributed by atoms with Crippen LogP contribution in [0, 0.1) is 13.8 Å². The predicted molar refractivity (Wildman–Crippen MR) is 116 cm³/mol. The van der Waals surface area contributed by atoms with Gasteiger partial charge in [0, 0.05) is 37.9 Å². The Kier molecular flexibility index (Phi) is 7.04. The molecule has 4 rings (SSSR count). The lowest BCUT2D eigenvalue weighted by Crippen LogP contribution is -2.51. The van der Waals surface area contributed by atoms with E-state index < -0.39 is 0 Å². The van der Waals surface area contributed by atoms with Gasteiger partial charge in [0.1, 0.15) is 17.4 Å². The van der Waals surface area contributed by atoms with Crippen LogP contribution in [0.3, 0.4) is 0 Å². The van der Waals surface area contributed by atoms with Gasteiger partial charge in [-0.05, 0) is 26.0 Å². The van der Waals surface area contributed by atoms with E-state index in [-0.39, 0.29) is 5.91 Å². The van der Waals surface area contributed by atoms with Crippen LogP contribution >= 0.6 is 0 Å². The van der Waals surface area contributed by atoms with Crippen LogP contribution in [0.1, 0.15) is 31.8 Å². The smallest absolute Gasteiger partial charge is 0.231 e. The van der Waals surface area contributed by atoms with E-state index in [1.165, 1.54) is 0 Å². The number of amides is 1. The standard InChI is InChI=1S/C20H25N5O2.C2H6/c1-15-13-19(22-16(2)21-15)24-10-8-23(9-11-24)14-25-17-5-3-4-6-18(17)27-12-7-20(25)26;1-2/h3-6,13H,7-12,14H2,1-2H3;1-2H3. The summed E-state index contributed by atoms with van der Waals surface area (Å²) in [6, 6.07) is 9.82. The summed E-state index contributed by atoms with van der Waals surface area (Å²) in [6.07, 6.45) is 0.411. The molecule has 156 valence electrons. The van der Waals surface area contributed by atoms with Gasteiger partial charge in [-0.3, -0.25) is 14.6 Å². The molecule has 1 aromatic heterocycles. The number of hydrogen-bond donors (Lipinski definition) is 0. The van der Waals surface area contributed by atoms with Gasteiger partial charge in [0.2, 0.25) is 5.91 Å². The number of nitrogens with zero attached hydrogens (tertiary/aromatic N) is 5. The number of ether oxygens (including phenoxy) is 1. The molecule has 2 aliphatic heterocycles. The molecule has 0 atom stereocenters. The molecule has 7 heteroatoms. The van der Waals surface area contributed by atoms with Gasteiger partial charge in [0.15, 0.2) is 0 Å². The maximum atomic E-state index is 12.6. The first kappa shape index (κ1) is 21.0. The van der Waals surface area contributed by atoms with E-state index in [1.54, 1.807) is 0 Å². The minimum atomic E-state index is 0.115. The lowest BCUT2D eigenvalue weighted by molar-refractivity contribution is -0.119. The molecule has 1 aromatic carbocycles. The molecule has 0 N–H and O–H groups in total. The average Bonchev–Trinajstić information content (AvgIpc) is 2.88. The number of anilines is 2. The number of carbonyl (C=O) groups is 1. The van der Waals surface area contributed by atoms with Crippen LogP contribution in [0.15, 0.2) is 30.3 Å². The van der Waals surface area contributed by atoms with Gasteiger partial charge < -0.3 is 9.64 Å². The van der Waals surface area contributed by atoms with E-state index in [4.69, 9.17) is 4.74 Å². The van der Waals surface area contributed by atoms with Crippen LogP contribution in [-0.2, 0) is 4.79 Å². The molecule has 1 amide bonds. The van der Waals surface area contributed by atoms with Crippen LogP contribution in [0.4, 0.5) is 11.5 Å². The van der Waals surface area contributed by atoms with Crippen molar-refractivity contribution in [2.45, 2.75) is 34.1 Å². The number of para-hydroxylation sites is 2. The third-order valence-electron chi connectivity index (χ3n) is 5.02. The molecule has 2 aliphatic rings. The largest absolute Gasteiger partial charge is 0.491 e. The molecule has 0 saturated carbocycles. The fourth-order valence-electron chi connectivity index (χ4n) is 3.65.